The summed E-state index contributed by atoms with van der Waals surface area (Å²) in [5, 5.41) is 0. The number of hydrogen-bond donors (Lipinski definition) is 0. The van der Waals surface area contributed by atoms with Crippen molar-refractivity contribution in [3.05, 3.63) is 70.1 Å². The van der Waals surface area contributed by atoms with Gasteiger partial charge in [0.1, 0.15) is 5.75 Å². The molecule has 216 valence electrons. The number of ether oxygens (including phenoxy) is 2. The van der Waals surface area contributed by atoms with Crippen LogP contribution in [0.1, 0.15) is 65.8 Å². The second kappa shape index (κ2) is 11.6. The molecule has 2 amide bonds. The van der Waals surface area contributed by atoms with E-state index in [1.807, 2.05) is 53.4 Å². The van der Waals surface area contributed by atoms with Crippen molar-refractivity contribution >= 4 is 22.8 Å². The number of fused-ring (bicyclic) bond motifs is 4. The maximum Gasteiger partial charge on any atom is 0.282 e. The third-order valence-corrected chi connectivity index (χ3v) is 9.12. The summed E-state index contributed by atoms with van der Waals surface area (Å²) in [6.45, 7) is 3.58. The van der Waals surface area contributed by atoms with Crippen molar-refractivity contribution in [2.45, 2.75) is 51.0 Å². The Morgan fingerprint density at radius 1 is 0.976 bits per heavy atom. The molecule has 4 heterocycles. The van der Waals surface area contributed by atoms with Gasteiger partial charge in [-0.3, -0.25) is 14.4 Å². The molecular formula is C32H38N4O5. The lowest BCUT2D eigenvalue weighted by molar-refractivity contribution is 0.0328. The summed E-state index contributed by atoms with van der Waals surface area (Å²) in [4.78, 5) is 48.0. The first-order valence-corrected chi connectivity index (χ1v) is 14.8. The molecule has 3 aromatic rings. The monoisotopic (exact) mass is 558 g/mol. The minimum atomic E-state index is -0.374. The predicted molar refractivity (Wildman–Crippen MR) is 155 cm³/mol. The summed E-state index contributed by atoms with van der Waals surface area (Å²) in [5.74, 6) is 0.412. The fraction of sp³-hybridized carbons (Fsp3) is 0.500. The molecular weight excluding hydrogens is 520 g/mol. The summed E-state index contributed by atoms with van der Waals surface area (Å²) in [6.07, 6.45) is 6.41. The standard InChI is InChI=1S/C32H38N4O5/c1-34-27-12-3-2-11-26(27)33-28(30(34)38)31(39)35-17-14-32(15-18-35)13-4-5-19-40-21-24-9-7-16-36(24)29(37)23-8-6-10-25(20-23)41-22-32/h2-3,6,8,10-12,20,24H,4-5,7,9,13-19,21-22H2,1H3/t24-/m0/s1. The van der Waals surface area contributed by atoms with E-state index in [4.69, 9.17) is 9.47 Å². The molecule has 2 fully saturated rings. The van der Waals surface area contributed by atoms with Crippen molar-refractivity contribution in [3.8, 4) is 5.75 Å². The maximum absolute atomic E-state index is 13.5. The zero-order valence-electron chi connectivity index (χ0n) is 23.7. The molecule has 0 unspecified atom stereocenters. The first-order valence-electron chi connectivity index (χ1n) is 14.8. The van der Waals surface area contributed by atoms with E-state index < -0.39 is 0 Å². The van der Waals surface area contributed by atoms with E-state index in [9.17, 15) is 14.4 Å². The minimum Gasteiger partial charge on any atom is -0.493 e. The van der Waals surface area contributed by atoms with E-state index in [1.165, 1.54) is 4.57 Å². The lowest BCUT2D eigenvalue weighted by atomic mass is 9.75. The van der Waals surface area contributed by atoms with Crippen LogP contribution in [-0.4, -0.2) is 76.7 Å². The molecule has 9 heteroatoms. The highest BCUT2D eigenvalue weighted by Gasteiger charge is 2.38. The van der Waals surface area contributed by atoms with Crippen LogP contribution in [-0.2, 0) is 11.8 Å². The van der Waals surface area contributed by atoms with Crippen LogP contribution >= 0.6 is 0 Å². The molecule has 3 aliphatic heterocycles. The highest BCUT2D eigenvalue weighted by molar-refractivity contribution is 5.95. The normalized spacial score (nSPS) is 21.7. The van der Waals surface area contributed by atoms with Gasteiger partial charge >= 0.3 is 0 Å². The van der Waals surface area contributed by atoms with Gasteiger partial charge in [-0.1, -0.05) is 24.6 Å². The number of amides is 2. The summed E-state index contributed by atoms with van der Waals surface area (Å²) in [6, 6.07) is 15.0. The van der Waals surface area contributed by atoms with E-state index in [-0.39, 0.29) is 34.5 Å². The summed E-state index contributed by atoms with van der Waals surface area (Å²) in [7, 11) is 1.68. The third kappa shape index (κ3) is 5.60. The Kier molecular flexibility index (Phi) is 7.79. The van der Waals surface area contributed by atoms with Gasteiger partial charge in [-0.2, -0.15) is 0 Å². The SMILES string of the molecule is Cn1c(=O)c(C(=O)N2CCC3(CCCCOC[C@@H]4CCCN4C(=O)c4cccc(c4)OC3)CC2)nc2ccccc21. The fourth-order valence-electron chi connectivity index (χ4n) is 6.54. The molecule has 3 aliphatic rings. The lowest BCUT2D eigenvalue weighted by Crippen LogP contribution is -2.47. The highest BCUT2D eigenvalue weighted by atomic mass is 16.5. The second-order valence-electron chi connectivity index (χ2n) is 11.7. The van der Waals surface area contributed by atoms with Crippen LogP contribution < -0.4 is 10.3 Å². The molecule has 2 saturated heterocycles. The van der Waals surface area contributed by atoms with Crippen molar-refractivity contribution in [1.82, 2.24) is 19.4 Å². The molecule has 0 radical (unpaired) electrons. The van der Waals surface area contributed by atoms with Crippen LogP contribution in [0.25, 0.3) is 11.0 Å². The first kappa shape index (κ1) is 27.4. The molecule has 2 bridgehead atoms. The summed E-state index contributed by atoms with van der Waals surface area (Å²) in [5.41, 5.74) is 1.46. The second-order valence-corrected chi connectivity index (χ2v) is 11.7. The Labute approximate surface area is 240 Å². The third-order valence-electron chi connectivity index (χ3n) is 9.12. The van der Waals surface area contributed by atoms with E-state index in [0.29, 0.717) is 55.3 Å². The lowest BCUT2D eigenvalue weighted by Gasteiger charge is -2.41. The van der Waals surface area contributed by atoms with Gasteiger partial charge in [-0.15, -0.1) is 0 Å². The predicted octanol–water partition coefficient (Wildman–Crippen LogP) is 4.04. The average molecular weight is 559 g/mol. The number of carbonyl (C=O) groups excluding carboxylic acids is 2. The molecule has 0 N–H and O–H groups in total. The van der Waals surface area contributed by atoms with Crippen LogP contribution in [0.5, 0.6) is 5.75 Å². The molecule has 6 rings (SSSR count). The van der Waals surface area contributed by atoms with Gasteiger partial charge in [0.15, 0.2) is 5.69 Å². The van der Waals surface area contributed by atoms with Crippen LogP contribution in [0.4, 0.5) is 0 Å². The van der Waals surface area contributed by atoms with Crippen molar-refractivity contribution in [3.63, 3.8) is 0 Å². The number of aromatic nitrogens is 2. The van der Waals surface area contributed by atoms with Gasteiger partial charge in [0.05, 0.1) is 30.3 Å². The quantitative estimate of drug-likeness (QED) is 0.448. The first-order chi connectivity index (χ1) is 19.9. The Hall–Kier alpha value is -3.72. The summed E-state index contributed by atoms with van der Waals surface area (Å²) < 4.78 is 13.9. The van der Waals surface area contributed by atoms with Gasteiger partial charge in [0.25, 0.3) is 17.4 Å². The van der Waals surface area contributed by atoms with E-state index in [2.05, 4.69) is 4.98 Å². The largest absolute Gasteiger partial charge is 0.493 e. The minimum absolute atomic E-state index is 0.0281. The topological polar surface area (TPSA) is 94.0 Å². The van der Waals surface area contributed by atoms with Crippen LogP contribution in [0.3, 0.4) is 0 Å². The fourth-order valence-corrected chi connectivity index (χ4v) is 6.54. The summed E-state index contributed by atoms with van der Waals surface area (Å²) >= 11 is 0. The van der Waals surface area contributed by atoms with Crippen LogP contribution in [0.2, 0.25) is 0 Å². The Bertz CT molecular complexity index is 1490. The van der Waals surface area contributed by atoms with E-state index in [0.717, 1.165) is 51.5 Å². The van der Waals surface area contributed by atoms with Crippen LogP contribution in [0.15, 0.2) is 53.3 Å². The number of aryl methyl sites for hydroxylation is 1. The number of nitrogens with zero attached hydrogens (tertiary/aromatic N) is 4. The highest BCUT2D eigenvalue weighted by Crippen LogP contribution is 2.38. The zero-order valence-corrected chi connectivity index (χ0v) is 23.7. The molecule has 1 spiro atoms. The maximum atomic E-state index is 13.5. The molecule has 9 nitrogen and oxygen atoms in total. The van der Waals surface area contributed by atoms with Gasteiger partial charge in [0.2, 0.25) is 0 Å². The number of para-hydroxylation sites is 2. The van der Waals surface area contributed by atoms with Gasteiger partial charge < -0.3 is 23.8 Å². The number of carbonyl (C=O) groups is 2. The van der Waals surface area contributed by atoms with Crippen molar-refractivity contribution < 1.29 is 19.1 Å². The molecule has 0 saturated carbocycles. The Morgan fingerprint density at radius 3 is 2.66 bits per heavy atom. The smallest absolute Gasteiger partial charge is 0.282 e. The average Bonchev–Trinajstić information content (AvgIpc) is 3.47. The van der Waals surface area contributed by atoms with Gasteiger partial charge in [-0.05, 0) is 68.9 Å². The van der Waals surface area contributed by atoms with Crippen molar-refractivity contribution in [2.75, 3.05) is 39.5 Å². The van der Waals surface area contributed by atoms with Gasteiger partial charge in [-0.25, -0.2) is 4.98 Å². The molecule has 1 aromatic heterocycles. The van der Waals surface area contributed by atoms with E-state index >= 15 is 0 Å². The van der Waals surface area contributed by atoms with Gasteiger partial charge in [0, 0.05) is 44.3 Å². The molecule has 0 aliphatic carbocycles. The molecule has 1 atom stereocenters. The Morgan fingerprint density at radius 2 is 1.80 bits per heavy atom. The zero-order chi connectivity index (χ0) is 28.4. The number of likely N-dealkylation sites (tertiary alicyclic amines) is 1. The van der Waals surface area contributed by atoms with E-state index in [1.54, 1.807) is 11.9 Å². The number of benzene rings is 2. The number of hydrogen-bond acceptors (Lipinski definition) is 6. The Balaban J connectivity index is 1.18. The van der Waals surface area contributed by atoms with Crippen molar-refractivity contribution in [1.29, 1.82) is 0 Å². The number of piperidine rings is 1. The molecule has 2 aromatic carbocycles. The molecule has 41 heavy (non-hydrogen) atoms. The number of rotatable bonds is 1. The van der Waals surface area contributed by atoms with Crippen molar-refractivity contribution in [2.24, 2.45) is 12.5 Å². The van der Waals surface area contributed by atoms with Crippen LogP contribution in [0, 0.1) is 5.41 Å².